The number of fused-ring (bicyclic) bond motifs is 2. The van der Waals surface area contributed by atoms with E-state index in [-0.39, 0.29) is 18.4 Å². The van der Waals surface area contributed by atoms with Crippen LogP contribution in [0.3, 0.4) is 0 Å². The van der Waals surface area contributed by atoms with Gasteiger partial charge in [0.15, 0.2) is 18.1 Å². The third kappa shape index (κ3) is 2.31. The van der Waals surface area contributed by atoms with Gasteiger partial charge in [-0.3, -0.25) is 23.7 Å². The van der Waals surface area contributed by atoms with Gasteiger partial charge in [-0.25, -0.2) is 4.57 Å². The van der Waals surface area contributed by atoms with Crippen molar-refractivity contribution in [1.82, 2.24) is 4.90 Å². The van der Waals surface area contributed by atoms with Crippen molar-refractivity contribution in [3.05, 3.63) is 0 Å². The molecule has 2 saturated heterocycles. The maximum absolute atomic E-state index is 11.8. The van der Waals surface area contributed by atoms with Crippen molar-refractivity contribution in [3.63, 3.8) is 0 Å². The molecule has 0 saturated carbocycles. The van der Waals surface area contributed by atoms with Crippen LogP contribution in [0, 0.1) is 0 Å². The molecule has 4 N–H and O–H groups in total. The van der Waals surface area contributed by atoms with Crippen molar-refractivity contribution in [2.45, 2.75) is 30.6 Å². The number of phosphoric acid groups is 1. The smallest absolute Gasteiger partial charge is 0.386 e. The van der Waals surface area contributed by atoms with Crippen molar-refractivity contribution < 1.29 is 33.1 Å². The predicted octanol–water partition coefficient (Wildman–Crippen LogP) is -2.45. The summed E-state index contributed by atoms with van der Waals surface area (Å²) in [5.74, 6) is -0.630. The molecule has 0 aliphatic carbocycles. The molecule has 2 unspecified atom stereocenters. The van der Waals surface area contributed by atoms with Crippen molar-refractivity contribution in [3.8, 4) is 0 Å². The molecule has 12 nitrogen and oxygen atoms in total. The Morgan fingerprint density at radius 2 is 2.22 bits per heavy atom. The SMILES string of the molecule is NC1=NC(=O)C2N=CN([C@@H]3O[C@@H]4COP(=O)(O)O[C@H]4[C@H]3O)C2=N1. The number of carbonyl (C=O) groups excluding carboxylic acids is 1. The van der Waals surface area contributed by atoms with Gasteiger partial charge >= 0.3 is 7.82 Å². The van der Waals surface area contributed by atoms with E-state index >= 15 is 0 Å². The summed E-state index contributed by atoms with van der Waals surface area (Å²) in [6.07, 6.45) is -2.82. The van der Waals surface area contributed by atoms with Gasteiger partial charge in [-0.1, -0.05) is 0 Å². The number of amides is 1. The van der Waals surface area contributed by atoms with Crippen LogP contribution in [0.1, 0.15) is 0 Å². The third-order valence-electron chi connectivity index (χ3n) is 3.78. The molecule has 6 atom stereocenters. The number of guanidine groups is 1. The average Bonchev–Trinajstić information content (AvgIpc) is 3.00. The molecule has 13 heteroatoms. The Bertz CT molecular complexity index is 708. The van der Waals surface area contributed by atoms with Crippen LogP contribution >= 0.6 is 7.82 Å². The van der Waals surface area contributed by atoms with Gasteiger partial charge in [-0.2, -0.15) is 9.98 Å². The Hall–Kier alpha value is -1.69. The van der Waals surface area contributed by atoms with Crippen LogP contribution in [-0.2, 0) is 23.1 Å². The molecule has 0 bridgehead atoms. The topological polar surface area (TPSA) is 169 Å². The average molecular weight is 345 g/mol. The lowest BCUT2D eigenvalue weighted by molar-refractivity contribution is -0.117. The lowest BCUT2D eigenvalue weighted by atomic mass is 10.1. The van der Waals surface area contributed by atoms with E-state index in [1.54, 1.807) is 0 Å². The summed E-state index contributed by atoms with van der Waals surface area (Å²) in [5.41, 5.74) is 5.47. The molecule has 0 radical (unpaired) electrons. The summed E-state index contributed by atoms with van der Waals surface area (Å²) in [6, 6.07) is -0.943. The first-order valence-corrected chi connectivity index (χ1v) is 8.13. The molecule has 2 fully saturated rings. The lowest BCUT2D eigenvalue weighted by Gasteiger charge is -2.28. The Morgan fingerprint density at radius 1 is 1.43 bits per heavy atom. The second-order valence-corrected chi connectivity index (χ2v) is 6.65. The minimum atomic E-state index is -4.22. The highest BCUT2D eigenvalue weighted by molar-refractivity contribution is 7.47. The molecule has 4 heterocycles. The fraction of sp³-hybridized carbons (Fsp3) is 0.600. The molecule has 124 valence electrons. The van der Waals surface area contributed by atoms with Gasteiger partial charge in [0.1, 0.15) is 18.3 Å². The van der Waals surface area contributed by atoms with E-state index in [1.165, 1.54) is 11.2 Å². The Morgan fingerprint density at radius 3 is 3.00 bits per heavy atom. The summed E-state index contributed by atoms with van der Waals surface area (Å²) in [5, 5.41) is 10.4. The first kappa shape index (κ1) is 14.9. The molecule has 23 heavy (non-hydrogen) atoms. The summed E-state index contributed by atoms with van der Waals surface area (Å²) in [6.45, 7) is -0.213. The number of carbonyl (C=O) groups is 1. The Labute approximate surface area is 128 Å². The number of ether oxygens (including phenoxy) is 1. The van der Waals surface area contributed by atoms with Gasteiger partial charge in [-0.05, 0) is 0 Å². The van der Waals surface area contributed by atoms with Gasteiger partial charge in [0, 0.05) is 0 Å². The van der Waals surface area contributed by atoms with Crippen molar-refractivity contribution in [1.29, 1.82) is 0 Å². The molecule has 1 amide bonds. The van der Waals surface area contributed by atoms with Crippen LogP contribution in [0.25, 0.3) is 0 Å². The van der Waals surface area contributed by atoms with Gasteiger partial charge in [0.25, 0.3) is 5.91 Å². The second-order valence-electron chi connectivity index (χ2n) is 5.24. The summed E-state index contributed by atoms with van der Waals surface area (Å²) < 4.78 is 26.6. The molecule has 0 aromatic rings. The number of aliphatic imine (C=N–C) groups is 3. The van der Waals surface area contributed by atoms with Crippen LogP contribution in [0.4, 0.5) is 0 Å². The summed E-state index contributed by atoms with van der Waals surface area (Å²) in [4.78, 5) is 33.9. The highest BCUT2D eigenvalue weighted by Crippen LogP contribution is 2.51. The molecule has 0 spiro atoms. The zero-order valence-corrected chi connectivity index (χ0v) is 12.3. The maximum atomic E-state index is 11.8. The highest BCUT2D eigenvalue weighted by Gasteiger charge is 2.55. The number of amidine groups is 1. The Balaban J connectivity index is 1.60. The van der Waals surface area contributed by atoms with Crippen molar-refractivity contribution in [2.75, 3.05) is 6.61 Å². The van der Waals surface area contributed by atoms with Crippen LogP contribution in [0.2, 0.25) is 0 Å². The second kappa shape index (κ2) is 4.90. The monoisotopic (exact) mass is 345 g/mol. The Kier molecular flexibility index (Phi) is 3.17. The molecule has 0 aromatic carbocycles. The lowest BCUT2D eigenvalue weighted by Crippen LogP contribution is -2.49. The minimum absolute atomic E-state index is 0.165. The highest BCUT2D eigenvalue weighted by atomic mass is 31.2. The van der Waals surface area contributed by atoms with E-state index in [0.29, 0.717) is 0 Å². The molecule has 4 aliphatic heterocycles. The minimum Gasteiger partial charge on any atom is -0.386 e. The molecular weight excluding hydrogens is 333 g/mol. The number of phosphoric ester groups is 1. The normalized spacial score (nSPS) is 45.6. The zero-order valence-electron chi connectivity index (χ0n) is 11.4. The fourth-order valence-electron chi connectivity index (χ4n) is 2.78. The number of nitrogens with zero attached hydrogens (tertiary/aromatic N) is 4. The number of nitrogens with two attached hydrogens (primary N) is 1. The van der Waals surface area contributed by atoms with Crippen LogP contribution < -0.4 is 5.73 Å². The fourth-order valence-corrected chi connectivity index (χ4v) is 3.74. The van der Waals surface area contributed by atoms with Gasteiger partial charge in [-0.15, -0.1) is 0 Å². The van der Waals surface area contributed by atoms with Crippen LogP contribution in [0.5, 0.6) is 0 Å². The number of rotatable bonds is 1. The number of hydrogen-bond donors (Lipinski definition) is 3. The van der Waals surface area contributed by atoms with Gasteiger partial charge in [0.2, 0.25) is 5.96 Å². The van der Waals surface area contributed by atoms with E-state index in [1.807, 2.05) is 0 Å². The van der Waals surface area contributed by atoms with E-state index in [0.717, 1.165) is 0 Å². The third-order valence-corrected chi connectivity index (χ3v) is 4.76. The molecule has 4 rings (SSSR count). The first-order valence-electron chi connectivity index (χ1n) is 6.63. The molecule has 4 aliphatic rings. The number of hydrogen-bond acceptors (Lipinski definition) is 10. The number of aliphatic hydroxyl groups excluding tert-OH is 1. The van der Waals surface area contributed by atoms with Crippen LogP contribution in [-0.4, -0.2) is 76.1 Å². The number of aliphatic hydroxyl groups is 1. The predicted molar refractivity (Wildman–Crippen MR) is 73.5 cm³/mol. The standard InChI is InChI=1S/C10H12N5O7P/c11-10-13-7-4(8(17)14-10)12-2-15(7)9-5(16)6-3(21-9)1-20-23(18,19)22-6/h2-6,9,16H,1H2,(H,18,19)(H2,11,14,17)/t3-,4?,5-,6-,9-/m1/s1. The maximum Gasteiger partial charge on any atom is 0.472 e. The van der Waals surface area contributed by atoms with Gasteiger partial charge in [0.05, 0.1) is 12.9 Å². The largest absolute Gasteiger partial charge is 0.472 e. The summed E-state index contributed by atoms with van der Waals surface area (Å²) in [7, 11) is -4.22. The van der Waals surface area contributed by atoms with Crippen LogP contribution in [0.15, 0.2) is 15.0 Å². The first-order chi connectivity index (χ1) is 10.9. The van der Waals surface area contributed by atoms with Gasteiger partial charge < -0.3 is 20.5 Å². The van der Waals surface area contributed by atoms with E-state index in [4.69, 9.17) is 15.0 Å². The van der Waals surface area contributed by atoms with E-state index < -0.39 is 44.3 Å². The van der Waals surface area contributed by atoms with E-state index in [9.17, 15) is 19.4 Å². The van der Waals surface area contributed by atoms with E-state index in [2.05, 4.69) is 19.5 Å². The van der Waals surface area contributed by atoms with Crippen molar-refractivity contribution in [2.24, 2.45) is 20.7 Å². The summed E-state index contributed by atoms with van der Waals surface area (Å²) >= 11 is 0. The molecular formula is C10H12N5O7P. The molecule has 0 aromatic heterocycles. The quantitative estimate of drug-likeness (QED) is 0.437. The van der Waals surface area contributed by atoms with Crippen molar-refractivity contribution >= 4 is 31.9 Å². The zero-order chi connectivity index (χ0) is 16.4.